The number of piperidine rings is 1. The third-order valence-corrected chi connectivity index (χ3v) is 8.97. The van der Waals surface area contributed by atoms with Gasteiger partial charge in [0.1, 0.15) is 0 Å². The minimum atomic E-state index is -4.63. The van der Waals surface area contributed by atoms with Crippen molar-refractivity contribution in [2.45, 2.75) is 37.4 Å². The van der Waals surface area contributed by atoms with Crippen molar-refractivity contribution in [2.24, 2.45) is 5.92 Å². The average molecular weight is 586 g/mol. The molecule has 1 aliphatic rings. The highest BCUT2D eigenvalue weighted by Gasteiger charge is 2.34. The summed E-state index contributed by atoms with van der Waals surface area (Å²) in [5.74, 6) is 0.0370. The van der Waals surface area contributed by atoms with Gasteiger partial charge in [0.2, 0.25) is 10.0 Å². The van der Waals surface area contributed by atoms with Crippen molar-refractivity contribution >= 4 is 22.1 Å². The van der Waals surface area contributed by atoms with Gasteiger partial charge >= 0.3 is 12.2 Å². The topological polar surface area (TPSA) is 69.7 Å². The molecule has 3 aromatic rings. The van der Waals surface area contributed by atoms with Gasteiger partial charge in [0.25, 0.3) is 0 Å². The average Bonchev–Trinajstić information content (AvgIpc) is 2.96. The first kappa shape index (κ1) is 30.3. The highest BCUT2D eigenvalue weighted by Crippen LogP contribution is 2.32. The Bertz CT molecular complexity index is 1440. The summed E-state index contributed by atoms with van der Waals surface area (Å²) in [6, 6.07) is 23.1. The van der Waals surface area contributed by atoms with E-state index in [4.69, 9.17) is 0 Å². The van der Waals surface area contributed by atoms with Gasteiger partial charge in [-0.2, -0.15) is 17.5 Å². The number of halogens is 3. The van der Waals surface area contributed by atoms with Crippen LogP contribution >= 0.6 is 0 Å². The number of nitrogens with one attached hydrogen (secondary N) is 1. The Hall–Kier alpha value is -3.63. The fourth-order valence-electron chi connectivity index (χ4n) is 4.91. The summed E-state index contributed by atoms with van der Waals surface area (Å²) in [5.41, 5.74) is 2.01. The van der Waals surface area contributed by atoms with Gasteiger partial charge in [-0.25, -0.2) is 13.2 Å². The fourth-order valence-corrected chi connectivity index (χ4v) is 6.43. The number of alkyl halides is 3. The Morgan fingerprint density at radius 2 is 1.61 bits per heavy atom. The van der Waals surface area contributed by atoms with Crippen LogP contribution in [0.1, 0.15) is 36.5 Å². The van der Waals surface area contributed by atoms with Crippen LogP contribution in [0.15, 0.2) is 95.4 Å². The normalized spacial score (nSPS) is 15.5. The monoisotopic (exact) mass is 585 g/mol. The van der Waals surface area contributed by atoms with E-state index in [2.05, 4.69) is 5.32 Å². The Morgan fingerprint density at radius 3 is 2.24 bits per heavy atom. The molecule has 0 atom stereocenters. The van der Waals surface area contributed by atoms with Crippen LogP contribution in [0.2, 0.25) is 0 Å². The largest absolute Gasteiger partial charge is 0.416 e. The number of amides is 2. The van der Waals surface area contributed by atoms with Crippen molar-refractivity contribution in [2.75, 3.05) is 26.2 Å². The highest BCUT2D eigenvalue weighted by molar-refractivity contribution is 7.89. The first-order valence-corrected chi connectivity index (χ1v) is 14.9. The zero-order chi connectivity index (χ0) is 29.5. The molecule has 2 amide bonds. The van der Waals surface area contributed by atoms with Crippen LogP contribution in [0, 0.1) is 5.92 Å². The number of nitrogens with zero attached hydrogens (tertiary/aromatic N) is 2. The van der Waals surface area contributed by atoms with E-state index in [1.807, 2.05) is 73.7 Å². The molecular weight excluding hydrogens is 551 g/mol. The van der Waals surface area contributed by atoms with Crippen LogP contribution in [0.25, 0.3) is 6.08 Å². The number of carbonyl (C=O) groups is 1. The molecule has 0 radical (unpaired) electrons. The lowest BCUT2D eigenvalue weighted by atomic mass is 9.97. The van der Waals surface area contributed by atoms with Gasteiger partial charge in [0, 0.05) is 32.7 Å². The third kappa shape index (κ3) is 8.43. The maximum absolute atomic E-state index is 13.3. The minimum Gasteiger partial charge on any atom is -0.334 e. The molecule has 3 aromatic carbocycles. The molecule has 1 saturated heterocycles. The van der Waals surface area contributed by atoms with Gasteiger partial charge in [-0.1, -0.05) is 78.4 Å². The first-order chi connectivity index (χ1) is 19.5. The first-order valence-electron chi connectivity index (χ1n) is 13.5. The van der Waals surface area contributed by atoms with E-state index in [0.717, 1.165) is 28.8 Å². The summed E-state index contributed by atoms with van der Waals surface area (Å²) in [6.45, 7) is 3.51. The van der Waals surface area contributed by atoms with Crippen LogP contribution < -0.4 is 5.32 Å². The Kier molecular flexibility index (Phi) is 9.88. The molecule has 0 aromatic heterocycles. The van der Waals surface area contributed by atoms with Crippen molar-refractivity contribution < 1.29 is 26.4 Å². The van der Waals surface area contributed by atoms with Crippen molar-refractivity contribution in [1.29, 1.82) is 0 Å². The van der Waals surface area contributed by atoms with Crippen LogP contribution in [-0.4, -0.2) is 49.8 Å². The van der Waals surface area contributed by atoms with Gasteiger partial charge in [-0.15, -0.1) is 0 Å². The molecule has 6 nitrogen and oxygen atoms in total. The van der Waals surface area contributed by atoms with Gasteiger partial charge in [0.05, 0.1) is 10.5 Å². The molecule has 1 aliphatic heterocycles. The molecule has 0 aliphatic carbocycles. The quantitative estimate of drug-likeness (QED) is 0.315. The van der Waals surface area contributed by atoms with Crippen molar-refractivity contribution in [3.8, 4) is 0 Å². The summed E-state index contributed by atoms with van der Waals surface area (Å²) in [6.07, 6.45) is -1.62. The van der Waals surface area contributed by atoms with Gasteiger partial charge < -0.3 is 10.2 Å². The summed E-state index contributed by atoms with van der Waals surface area (Å²) in [5, 5.41) is 2.99. The van der Waals surface area contributed by atoms with E-state index in [0.29, 0.717) is 38.5 Å². The maximum atomic E-state index is 13.3. The van der Waals surface area contributed by atoms with Crippen molar-refractivity contribution in [1.82, 2.24) is 14.5 Å². The molecule has 0 spiro atoms. The van der Waals surface area contributed by atoms with Gasteiger partial charge in [-0.3, -0.25) is 0 Å². The summed E-state index contributed by atoms with van der Waals surface area (Å²) < 4.78 is 66.9. The van der Waals surface area contributed by atoms with Gasteiger partial charge in [0.15, 0.2) is 0 Å². The van der Waals surface area contributed by atoms with Crippen LogP contribution in [0.5, 0.6) is 0 Å². The number of urea groups is 1. The number of rotatable bonds is 9. The van der Waals surface area contributed by atoms with Crippen LogP contribution in [-0.2, 0) is 22.7 Å². The molecule has 0 unspecified atom stereocenters. The van der Waals surface area contributed by atoms with Crippen molar-refractivity contribution in [3.63, 3.8) is 0 Å². The number of sulfonamides is 1. The Morgan fingerprint density at radius 1 is 0.976 bits per heavy atom. The number of hydrogen-bond donors (Lipinski definition) is 1. The summed E-state index contributed by atoms with van der Waals surface area (Å²) >= 11 is 0. The summed E-state index contributed by atoms with van der Waals surface area (Å²) in [7, 11) is -4.07. The van der Waals surface area contributed by atoms with E-state index < -0.39 is 21.8 Å². The molecule has 10 heteroatoms. The molecule has 1 heterocycles. The summed E-state index contributed by atoms with van der Waals surface area (Å²) in [4.78, 5) is 14.7. The number of hydrogen-bond acceptors (Lipinski definition) is 3. The number of carbonyl (C=O) groups excluding carboxylic acids is 1. The second-order valence-corrected chi connectivity index (χ2v) is 12.2. The smallest absolute Gasteiger partial charge is 0.334 e. The molecule has 218 valence electrons. The molecule has 0 bridgehead atoms. The SMILES string of the molecule is C/C(=C\c1ccccc1)CN(CC1CCN(S(=O)(=O)c2cccc(C(F)(F)F)c2)CC1)C(=O)NCc1ccccc1. The zero-order valence-corrected chi connectivity index (χ0v) is 23.7. The fraction of sp³-hybridized carbons (Fsp3) is 0.323. The zero-order valence-electron chi connectivity index (χ0n) is 22.8. The van der Waals surface area contributed by atoms with E-state index in [-0.39, 0.29) is 29.9 Å². The predicted octanol–water partition coefficient (Wildman–Crippen LogP) is 6.42. The Labute approximate surface area is 239 Å². The second kappa shape index (κ2) is 13.4. The number of benzene rings is 3. The highest BCUT2D eigenvalue weighted by atomic mass is 32.2. The Balaban J connectivity index is 1.42. The predicted molar refractivity (Wildman–Crippen MR) is 153 cm³/mol. The molecule has 41 heavy (non-hydrogen) atoms. The van der Waals surface area contributed by atoms with E-state index in [9.17, 15) is 26.4 Å². The van der Waals surface area contributed by atoms with E-state index in [1.165, 1.54) is 10.4 Å². The molecular formula is C31H34F3N3O3S. The molecule has 0 saturated carbocycles. The molecule has 1 fully saturated rings. The third-order valence-electron chi connectivity index (χ3n) is 7.08. The minimum absolute atomic E-state index is 0.0370. The van der Waals surface area contributed by atoms with Crippen molar-refractivity contribution in [3.05, 3.63) is 107 Å². The van der Waals surface area contributed by atoms with Crippen LogP contribution in [0.3, 0.4) is 0 Å². The molecule has 1 N–H and O–H groups in total. The lowest BCUT2D eigenvalue weighted by molar-refractivity contribution is -0.137. The van der Waals surface area contributed by atoms with Gasteiger partial charge in [-0.05, 0) is 55.0 Å². The standard InChI is InChI=1S/C31H34F3N3O3S/c1-24(19-25-9-4-2-5-10-25)22-36(30(38)35-21-26-11-6-3-7-12-26)23-27-15-17-37(18-16-27)41(39,40)29-14-8-13-28(20-29)31(32,33)34/h2-14,19-20,27H,15-18,21-23H2,1H3,(H,35,38)/b24-19+. The second-order valence-electron chi connectivity index (χ2n) is 10.3. The lowest BCUT2D eigenvalue weighted by Gasteiger charge is -2.34. The van der Waals surface area contributed by atoms with Crippen LogP contribution in [0.4, 0.5) is 18.0 Å². The molecule has 4 rings (SSSR count). The maximum Gasteiger partial charge on any atom is 0.416 e. The van der Waals surface area contributed by atoms with E-state index >= 15 is 0 Å². The van der Waals surface area contributed by atoms with E-state index in [1.54, 1.807) is 4.90 Å². The lowest BCUT2D eigenvalue weighted by Crippen LogP contribution is -2.46.